The fraction of sp³-hybridized carbons (Fsp3) is 0.792. The predicted octanol–water partition coefficient (Wildman–Crippen LogP) is 3.59. The highest BCUT2D eigenvalue weighted by molar-refractivity contribution is 5.93. The van der Waals surface area contributed by atoms with Crippen LogP contribution >= 0.6 is 0 Å². The minimum absolute atomic E-state index is 0.0103. The molecule has 0 aliphatic carbocycles. The molecule has 0 heterocycles. The molecule has 0 aliphatic heterocycles. The van der Waals surface area contributed by atoms with Crippen molar-refractivity contribution in [3.63, 3.8) is 0 Å². The van der Waals surface area contributed by atoms with Crippen molar-refractivity contribution in [1.29, 1.82) is 0 Å². The number of carboxylic acid groups (broad SMARTS) is 1. The Balaban J connectivity index is 6.04. The zero-order valence-electron chi connectivity index (χ0n) is 21.3. The van der Waals surface area contributed by atoms with Crippen molar-refractivity contribution in [2.24, 2.45) is 11.3 Å². The van der Waals surface area contributed by atoms with Gasteiger partial charge in [-0.3, -0.25) is 9.59 Å². The summed E-state index contributed by atoms with van der Waals surface area (Å²) in [6, 6.07) is -1.14. The molecule has 0 radical (unpaired) electrons. The van der Waals surface area contributed by atoms with E-state index < -0.39 is 29.0 Å². The minimum Gasteiger partial charge on any atom is -0.478 e. The zero-order chi connectivity index (χ0) is 24.6. The second-order valence-corrected chi connectivity index (χ2v) is 9.94. The summed E-state index contributed by atoms with van der Waals surface area (Å²) in [4.78, 5) is 39.8. The molecule has 2 atom stereocenters. The summed E-state index contributed by atoms with van der Waals surface area (Å²) in [5, 5.41) is 15.5. The summed E-state index contributed by atoms with van der Waals surface area (Å²) in [5.41, 5.74) is -1.05. The Bertz CT molecular complexity index is 644. The third kappa shape index (κ3) is 7.95. The van der Waals surface area contributed by atoms with Crippen LogP contribution < -0.4 is 10.6 Å². The van der Waals surface area contributed by atoms with Crippen LogP contribution in [0, 0.1) is 11.3 Å². The highest BCUT2D eigenvalue weighted by Crippen LogP contribution is 2.26. The number of carbonyl (C=O) groups is 3. The van der Waals surface area contributed by atoms with Crippen molar-refractivity contribution in [2.45, 2.75) is 98.7 Å². The third-order valence-corrected chi connectivity index (χ3v) is 5.89. The fourth-order valence-corrected chi connectivity index (χ4v) is 3.92. The SMILES string of the molecule is CCCC(CCC)(NC)C(=O)N[C@H](C(=O)N(C)[C@H](C=C(C)C(=O)O)C(C)C)C(C)(C)C. The second kappa shape index (κ2) is 12.2. The first kappa shape index (κ1) is 29.1. The monoisotopic (exact) mass is 439 g/mol. The van der Waals surface area contributed by atoms with Crippen molar-refractivity contribution in [3.05, 3.63) is 11.6 Å². The molecule has 0 fully saturated rings. The summed E-state index contributed by atoms with van der Waals surface area (Å²) in [7, 11) is 3.46. The molecule has 7 nitrogen and oxygen atoms in total. The Morgan fingerprint density at radius 1 is 1.06 bits per heavy atom. The van der Waals surface area contributed by atoms with Crippen molar-refractivity contribution < 1.29 is 19.5 Å². The van der Waals surface area contributed by atoms with Crippen molar-refractivity contribution in [2.75, 3.05) is 14.1 Å². The van der Waals surface area contributed by atoms with E-state index in [1.165, 1.54) is 6.92 Å². The number of amides is 2. The Labute approximate surface area is 189 Å². The van der Waals surface area contributed by atoms with Gasteiger partial charge < -0.3 is 20.6 Å². The molecule has 0 aromatic rings. The number of nitrogens with zero attached hydrogens (tertiary/aromatic N) is 1. The van der Waals surface area contributed by atoms with Crippen LogP contribution in [0.3, 0.4) is 0 Å². The summed E-state index contributed by atoms with van der Waals surface area (Å²) < 4.78 is 0. The average Bonchev–Trinajstić information content (AvgIpc) is 2.67. The highest BCUT2D eigenvalue weighted by Gasteiger charge is 2.42. The average molecular weight is 440 g/mol. The summed E-state index contributed by atoms with van der Waals surface area (Å²) in [6.45, 7) is 15.3. The van der Waals surface area contributed by atoms with E-state index in [0.29, 0.717) is 12.8 Å². The van der Waals surface area contributed by atoms with Gasteiger partial charge in [0.25, 0.3) is 0 Å². The van der Waals surface area contributed by atoms with E-state index in [9.17, 15) is 19.5 Å². The Hall–Kier alpha value is -1.89. The highest BCUT2D eigenvalue weighted by atomic mass is 16.4. The summed E-state index contributed by atoms with van der Waals surface area (Å²) in [5.74, 6) is -1.40. The molecule has 3 N–H and O–H groups in total. The molecule has 0 bridgehead atoms. The first-order valence-electron chi connectivity index (χ1n) is 11.4. The third-order valence-electron chi connectivity index (χ3n) is 5.89. The van der Waals surface area contributed by atoms with Crippen molar-refractivity contribution in [3.8, 4) is 0 Å². The smallest absolute Gasteiger partial charge is 0.331 e. The first-order chi connectivity index (χ1) is 14.2. The number of rotatable bonds is 12. The lowest BCUT2D eigenvalue weighted by molar-refractivity contribution is -0.142. The van der Waals surface area contributed by atoms with E-state index in [0.717, 1.165) is 12.8 Å². The molecule has 0 unspecified atom stereocenters. The van der Waals surface area contributed by atoms with Gasteiger partial charge in [-0.2, -0.15) is 0 Å². The van der Waals surface area contributed by atoms with Crippen LogP contribution in [-0.2, 0) is 14.4 Å². The molecular weight excluding hydrogens is 394 g/mol. The quantitative estimate of drug-likeness (QED) is 0.404. The molecular formula is C24H45N3O4. The Kier molecular flexibility index (Phi) is 11.5. The molecule has 0 aromatic carbocycles. The van der Waals surface area contributed by atoms with E-state index in [1.807, 2.05) is 48.5 Å². The van der Waals surface area contributed by atoms with Gasteiger partial charge in [0.1, 0.15) is 6.04 Å². The predicted molar refractivity (Wildman–Crippen MR) is 126 cm³/mol. The topological polar surface area (TPSA) is 98.7 Å². The lowest BCUT2D eigenvalue weighted by Crippen LogP contribution is -2.63. The summed E-state index contributed by atoms with van der Waals surface area (Å²) >= 11 is 0. The Morgan fingerprint density at radius 3 is 1.87 bits per heavy atom. The number of nitrogens with one attached hydrogen (secondary N) is 2. The molecule has 31 heavy (non-hydrogen) atoms. The number of carboxylic acids is 1. The van der Waals surface area contributed by atoms with E-state index in [1.54, 1.807) is 25.1 Å². The fourth-order valence-electron chi connectivity index (χ4n) is 3.92. The van der Waals surface area contributed by atoms with Gasteiger partial charge in [-0.1, -0.05) is 67.4 Å². The number of likely N-dealkylation sites (N-methyl/N-ethyl adjacent to an activating group) is 2. The van der Waals surface area contributed by atoms with Crippen molar-refractivity contribution >= 4 is 17.8 Å². The molecule has 0 rings (SSSR count). The normalized spacial score (nSPS) is 14.9. The van der Waals surface area contributed by atoms with Crippen LogP contribution in [0.1, 0.15) is 81.1 Å². The lowest BCUT2D eigenvalue weighted by atomic mass is 9.82. The maximum atomic E-state index is 13.6. The van der Waals surface area contributed by atoms with Gasteiger partial charge in [0, 0.05) is 12.6 Å². The molecule has 0 saturated heterocycles. The maximum Gasteiger partial charge on any atom is 0.331 e. The van der Waals surface area contributed by atoms with Crippen LogP contribution in [0.4, 0.5) is 0 Å². The van der Waals surface area contributed by atoms with Crippen LogP contribution in [-0.4, -0.2) is 59.5 Å². The standard InChI is InChI=1S/C24H45N3O4/c1-11-13-24(25-9,14-12-2)22(31)26-19(23(6,7)8)20(28)27(10)18(16(3)4)15-17(5)21(29)30/h15-16,18-19,25H,11-14H2,1-10H3,(H,26,31)(H,29,30)/t18-,19-/m1/s1. The molecule has 0 aliphatic rings. The van der Waals surface area contributed by atoms with Gasteiger partial charge in [-0.15, -0.1) is 0 Å². The Morgan fingerprint density at radius 2 is 1.55 bits per heavy atom. The van der Waals surface area contributed by atoms with E-state index in [4.69, 9.17) is 0 Å². The van der Waals surface area contributed by atoms with Crippen molar-refractivity contribution in [1.82, 2.24) is 15.5 Å². The van der Waals surface area contributed by atoms with Gasteiger partial charge >= 0.3 is 5.97 Å². The van der Waals surface area contributed by atoms with Crippen LogP contribution in [0.2, 0.25) is 0 Å². The minimum atomic E-state index is -1.01. The van der Waals surface area contributed by atoms with Gasteiger partial charge in [0.05, 0.1) is 11.6 Å². The molecule has 2 amide bonds. The van der Waals surface area contributed by atoms with Crippen LogP contribution in [0.15, 0.2) is 11.6 Å². The maximum absolute atomic E-state index is 13.6. The summed E-state index contributed by atoms with van der Waals surface area (Å²) in [6.07, 6.45) is 4.66. The van der Waals surface area contributed by atoms with Gasteiger partial charge in [0.2, 0.25) is 11.8 Å². The van der Waals surface area contributed by atoms with Gasteiger partial charge in [0.15, 0.2) is 0 Å². The number of hydrogen-bond donors (Lipinski definition) is 3. The second-order valence-electron chi connectivity index (χ2n) is 9.94. The van der Waals surface area contributed by atoms with Crippen LogP contribution in [0.5, 0.6) is 0 Å². The molecule has 7 heteroatoms. The van der Waals surface area contributed by atoms with E-state index >= 15 is 0 Å². The zero-order valence-corrected chi connectivity index (χ0v) is 21.3. The largest absolute Gasteiger partial charge is 0.478 e. The lowest BCUT2D eigenvalue weighted by Gasteiger charge is -2.40. The van der Waals surface area contributed by atoms with Gasteiger partial charge in [-0.25, -0.2) is 4.79 Å². The van der Waals surface area contributed by atoms with Crippen LogP contribution in [0.25, 0.3) is 0 Å². The molecule has 180 valence electrons. The number of hydrogen-bond acceptors (Lipinski definition) is 4. The molecule has 0 saturated carbocycles. The number of carbonyl (C=O) groups excluding carboxylic acids is 2. The van der Waals surface area contributed by atoms with E-state index in [2.05, 4.69) is 10.6 Å². The van der Waals surface area contributed by atoms with Gasteiger partial charge in [-0.05, 0) is 38.1 Å². The molecule has 0 aromatic heterocycles. The number of aliphatic carboxylic acids is 1. The first-order valence-corrected chi connectivity index (χ1v) is 11.4. The molecule has 0 spiro atoms. The van der Waals surface area contributed by atoms with E-state index in [-0.39, 0.29) is 23.3 Å².